The molecule has 19 heavy (non-hydrogen) atoms. The Labute approximate surface area is 114 Å². The van der Waals surface area contributed by atoms with Gasteiger partial charge in [0.25, 0.3) is 0 Å². The summed E-state index contributed by atoms with van der Waals surface area (Å²) in [4.78, 5) is 13.9. The number of hydrogen-bond donors (Lipinski definition) is 2. The number of likely N-dealkylation sites (tertiary alicyclic amines) is 1. The van der Waals surface area contributed by atoms with E-state index in [2.05, 4.69) is 0 Å². The molecule has 1 amide bonds. The number of amides is 1. The molecule has 1 aliphatic heterocycles. The zero-order valence-electron chi connectivity index (χ0n) is 11.2. The second kappa shape index (κ2) is 6.17. The molecule has 0 saturated carbocycles. The molecule has 4 nitrogen and oxygen atoms in total. The lowest BCUT2D eigenvalue weighted by Crippen LogP contribution is -2.50. The first-order valence-corrected chi connectivity index (χ1v) is 6.87. The number of aliphatic hydroxyl groups is 1. The first-order chi connectivity index (χ1) is 9.13. The highest BCUT2D eigenvalue weighted by Crippen LogP contribution is 2.21. The van der Waals surface area contributed by atoms with Gasteiger partial charge in [-0.2, -0.15) is 0 Å². The average molecular weight is 262 g/mol. The van der Waals surface area contributed by atoms with E-state index in [-0.39, 0.29) is 12.5 Å². The van der Waals surface area contributed by atoms with Crippen molar-refractivity contribution in [2.75, 3.05) is 19.6 Å². The molecule has 2 rings (SSSR count). The van der Waals surface area contributed by atoms with E-state index in [9.17, 15) is 9.90 Å². The zero-order chi connectivity index (χ0) is 13.7. The molecule has 0 unspecified atom stereocenters. The summed E-state index contributed by atoms with van der Waals surface area (Å²) in [5, 5.41) is 10.0. The van der Waals surface area contributed by atoms with Crippen molar-refractivity contribution in [3.63, 3.8) is 0 Å². The van der Waals surface area contributed by atoms with Crippen LogP contribution >= 0.6 is 0 Å². The van der Waals surface area contributed by atoms with Crippen molar-refractivity contribution in [3.8, 4) is 0 Å². The highest BCUT2D eigenvalue weighted by Gasteiger charge is 2.32. The second-order valence-electron chi connectivity index (χ2n) is 5.29. The van der Waals surface area contributed by atoms with Crippen molar-refractivity contribution < 1.29 is 9.90 Å². The van der Waals surface area contributed by atoms with Crippen LogP contribution in [0, 0.1) is 0 Å². The number of aryl methyl sites for hydroxylation is 1. The van der Waals surface area contributed by atoms with Gasteiger partial charge >= 0.3 is 0 Å². The van der Waals surface area contributed by atoms with E-state index in [1.54, 1.807) is 0 Å². The highest BCUT2D eigenvalue weighted by atomic mass is 16.3. The summed E-state index contributed by atoms with van der Waals surface area (Å²) in [6.07, 6.45) is 2.48. The molecule has 3 N–H and O–H groups in total. The number of carbonyl (C=O) groups is 1. The first kappa shape index (κ1) is 14.0. The van der Waals surface area contributed by atoms with Crippen LogP contribution in [0.5, 0.6) is 0 Å². The number of hydrogen-bond acceptors (Lipinski definition) is 3. The Morgan fingerprint density at radius 1 is 1.26 bits per heavy atom. The lowest BCUT2D eigenvalue weighted by Gasteiger charge is -2.37. The van der Waals surface area contributed by atoms with E-state index in [1.807, 2.05) is 35.2 Å². The topological polar surface area (TPSA) is 66.6 Å². The molecular formula is C15H22N2O2. The molecule has 1 aliphatic rings. The number of benzene rings is 1. The monoisotopic (exact) mass is 262 g/mol. The molecule has 1 heterocycles. The Morgan fingerprint density at radius 2 is 1.89 bits per heavy atom. The standard InChI is InChI=1S/C15H22N2O2/c16-12-15(19)8-10-17(11-9-15)14(18)7-6-13-4-2-1-3-5-13/h1-5,19H,6-12,16H2. The molecule has 0 aromatic heterocycles. The minimum atomic E-state index is -0.768. The summed E-state index contributed by atoms with van der Waals surface area (Å²) in [7, 11) is 0. The van der Waals surface area contributed by atoms with Crippen LogP contribution in [0.15, 0.2) is 30.3 Å². The van der Waals surface area contributed by atoms with Crippen molar-refractivity contribution in [1.82, 2.24) is 4.90 Å². The summed E-state index contributed by atoms with van der Waals surface area (Å²) in [6, 6.07) is 10.0. The average Bonchev–Trinajstić information content (AvgIpc) is 2.47. The summed E-state index contributed by atoms with van der Waals surface area (Å²) >= 11 is 0. The van der Waals surface area contributed by atoms with Gasteiger partial charge in [0.05, 0.1) is 5.60 Å². The molecule has 0 bridgehead atoms. The van der Waals surface area contributed by atoms with Gasteiger partial charge in [-0.3, -0.25) is 4.79 Å². The molecule has 1 aromatic carbocycles. The fourth-order valence-corrected chi connectivity index (χ4v) is 2.43. The van der Waals surface area contributed by atoms with Gasteiger partial charge in [-0.15, -0.1) is 0 Å². The Morgan fingerprint density at radius 3 is 2.47 bits per heavy atom. The second-order valence-corrected chi connectivity index (χ2v) is 5.29. The molecule has 1 saturated heterocycles. The molecule has 1 fully saturated rings. The molecule has 4 heteroatoms. The van der Waals surface area contributed by atoms with Gasteiger partial charge in [-0.1, -0.05) is 30.3 Å². The van der Waals surface area contributed by atoms with Crippen LogP contribution in [0.2, 0.25) is 0 Å². The maximum atomic E-state index is 12.1. The van der Waals surface area contributed by atoms with Crippen LogP contribution in [-0.4, -0.2) is 41.1 Å². The molecule has 1 aromatic rings. The molecule has 0 radical (unpaired) electrons. The van der Waals surface area contributed by atoms with Crippen LogP contribution in [0.3, 0.4) is 0 Å². The summed E-state index contributed by atoms with van der Waals surface area (Å²) in [6.45, 7) is 1.50. The van der Waals surface area contributed by atoms with Gasteiger partial charge in [-0.25, -0.2) is 0 Å². The van der Waals surface area contributed by atoms with E-state index in [4.69, 9.17) is 5.73 Å². The minimum Gasteiger partial charge on any atom is -0.388 e. The Bertz CT molecular complexity index is 411. The SMILES string of the molecule is NCC1(O)CCN(C(=O)CCc2ccccc2)CC1. The fraction of sp³-hybridized carbons (Fsp3) is 0.533. The van der Waals surface area contributed by atoms with E-state index in [1.165, 1.54) is 5.56 Å². The number of nitrogens with two attached hydrogens (primary N) is 1. The van der Waals surface area contributed by atoms with Crippen molar-refractivity contribution >= 4 is 5.91 Å². The maximum absolute atomic E-state index is 12.1. The third-order valence-corrected chi connectivity index (χ3v) is 3.90. The van der Waals surface area contributed by atoms with Crippen molar-refractivity contribution in [1.29, 1.82) is 0 Å². The molecule has 0 aliphatic carbocycles. The fourth-order valence-electron chi connectivity index (χ4n) is 2.43. The summed E-state index contributed by atoms with van der Waals surface area (Å²) < 4.78 is 0. The smallest absolute Gasteiger partial charge is 0.222 e. The minimum absolute atomic E-state index is 0.169. The van der Waals surface area contributed by atoms with Crippen LogP contribution in [0.1, 0.15) is 24.8 Å². The lowest BCUT2D eigenvalue weighted by molar-refractivity contribution is -0.135. The van der Waals surface area contributed by atoms with E-state index in [0.29, 0.717) is 32.4 Å². The Hall–Kier alpha value is -1.39. The van der Waals surface area contributed by atoms with Gasteiger partial charge in [0, 0.05) is 26.1 Å². The van der Waals surface area contributed by atoms with Crippen LogP contribution in [0.25, 0.3) is 0 Å². The largest absolute Gasteiger partial charge is 0.388 e. The number of piperidine rings is 1. The van der Waals surface area contributed by atoms with Crippen LogP contribution in [0.4, 0.5) is 0 Å². The predicted molar refractivity (Wildman–Crippen MR) is 74.6 cm³/mol. The molecule has 0 atom stereocenters. The number of nitrogens with zero attached hydrogens (tertiary/aromatic N) is 1. The van der Waals surface area contributed by atoms with Crippen molar-refractivity contribution in [2.24, 2.45) is 5.73 Å². The van der Waals surface area contributed by atoms with Crippen molar-refractivity contribution in [3.05, 3.63) is 35.9 Å². The number of carbonyl (C=O) groups excluding carboxylic acids is 1. The number of rotatable bonds is 4. The third-order valence-electron chi connectivity index (χ3n) is 3.90. The van der Waals surface area contributed by atoms with E-state index >= 15 is 0 Å². The van der Waals surface area contributed by atoms with E-state index < -0.39 is 5.60 Å². The predicted octanol–water partition coefficient (Wildman–Crippen LogP) is 0.931. The maximum Gasteiger partial charge on any atom is 0.222 e. The quantitative estimate of drug-likeness (QED) is 0.848. The third kappa shape index (κ3) is 3.78. The Balaban J connectivity index is 1.79. The first-order valence-electron chi connectivity index (χ1n) is 6.87. The van der Waals surface area contributed by atoms with E-state index in [0.717, 1.165) is 6.42 Å². The highest BCUT2D eigenvalue weighted by molar-refractivity contribution is 5.76. The zero-order valence-corrected chi connectivity index (χ0v) is 11.2. The molecule has 0 spiro atoms. The summed E-state index contributed by atoms with van der Waals surface area (Å²) in [5.74, 6) is 0.169. The van der Waals surface area contributed by atoms with Crippen LogP contribution < -0.4 is 5.73 Å². The Kier molecular flexibility index (Phi) is 4.56. The van der Waals surface area contributed by atoms with Crippen molar-refractivity contribution in [2.45, 2.75) is 31.3 Å². The van der Waals surface area contributed by atoms with Gasteiger partial charge in [0.2, 0.25) is 5.91 Å². The molecular weight excluding hydrogens is 240 g/mol. The van der Waals surface area contributed by atoms with Crippen LogP contribution in [-0.2, 0) is 11.2 Å². The van der Waals surface area contributed by atoms with Gasteiger partial charge < -0.3 is 15.7 Å². The van der Waals surface area contributed by atoms with Gasteiger partial charge in [-0.05, 0) is 24.8 Å². The van der Waals surface area contributed by atoms with Gasteiger partial charge in [0.1, 0.15) is 0 Å². The lowest BCUT2D eigenvalue weighted by atomic mass is 9.91. The summed E-state index contributed by atoms with van der Waals surface area (Å²) in [5.41, 5.74) is 5.96. The normalized spacial score (nSPS) is 18.3. The molecule has 104 valence electrons. The van der Waals surface area contributed by atoms with Gasteiger partial charge in [0.15, 0.2) is 0 Å².